The van der Waals surface area contributed by atoms with Crippen LogP contribution in [-0.2, 0) is 9.47 Å². The average Bonchev–Trinajstić information content (AvgIpc) is 2.64. The van der Waals surface area contributed by atoms with Crippen LogP contribution in [0.2, 0.25) is 0 Å². The minimum atomic E-state index is -0.836. The summed E-state index contributed by atoms with van der Waals surface area (Å²) in [4.78, 5) is 9.41. The van der Waals surface area contributed by atoms with Crippen molar-refractivity contribution in [2.75, 3.05) is 14.2 Å². The van der Waals surface area contributed by atoms with Crippen LogP contribution >= 0.6 is 0 Å². The molecule has 1 fully saturated rings. The van der Waals surface area contributed by atoms with Gasteiger partial charge in [0.15, 0.2) is 5.90 Å². The van der Waals surface area contributed by atoms with Gasteiger partial charge in [0, 0.05) is 11.8 Å². The quantitative estimate of drug-likeness (QED) is 0.676. The van der Waals surface area contributed by atoms with Gasteiger partial charge in [-0.2, -0.15) is 10.5 Å². The lowest BCUT2D eigenvalue weighted by atomic mass is 9.40. The van der Waals surface area contributed by atoms with Crippen LogP contribution in [0.15, 0.2) is 21.1 Å². The minimum Gasteiger partial charge on any atom is -0.484 e. The molecule has 112 valence electrons. The third kappa shape index (κ3) is 1.01. The van der Waals surface area contributed by atoms with E-state index in [2.05, 4.69) is 24.1 Å². The standard InChI is InChI=1S/C16H16N4O2/c1-7-8(5-17)10-9-12-15(2,20-13(9)21-3)11(7)16(12,6-18)14(19-10)22-4/h9-12H,1-4H3/t9?,10-,11-,12?,15-,16+/m1/s1. The molecular weight excluding hydrogens is 280 g/mol. The van der Waals surface area contributed by atoms with Crippen LogP contribution in [0.3, 0.4) is 0 Å². The molecule has 4 bridgehead atoms. The Kier molecular flexibility index (Phi) is 2.24. The van der Waals surface area contributed by atoms with E-state index in [9.17, 15) is 10.5 Å². The maximum absolute atomic E-state index is 10.00. The van der Waals surface area contributed by atoms with Crippen molar-refractivity contribution >= 4 is 11.8 Å². The maximum atomic E-state index is 10.00. The van der Waals surface area contributed by atoms with Crippen molar-refractivity contribution in [3.63, 3.8) is 0 Å². The maximum Gasteiger partial charge on any atom is 0.205 e. The summed E-state index contributed by atoms with van der Waals surface area (Å²) in [5.41, 5.74) is 0.297. The number of hydrogen-bond acceptors (Lipinski definition) is 6. The third-order valence-electron chi connectivity index (χ3n) is 5.97. The van der Waals surface area contributed by atoms with Crippen molar-refractivity contribution in [2.45, 2.75) is 25.4 Å². The van der Waals surface area contributed by atoms with Crippen LogP contribution in [0.1, 0.15) is 13.8 Å². The summed E-state index contributed by atoms with van der Waals surface area (Å²) in [6.45, 7) is 3.98. The highest BCUT2D eigenvalue weighted by molar-refractivity contribution is 5.97. The van der Waals surface area contributed by atoms with Gasteiger partial charge >= 0.3 is 0 Å². The highest BCUT2D eigenvalue weighted by Gasteiger charge is 2.82. The molecule has 1 saturated carbocycles. The van der Waals surface area contributed by atoms with Crippen LogP contribution in [0.4, 0.5) is 0 Å². The Morgan fingerprint density at radius 2 is 1.95 bits per heavy atom. The number of aliphatic imine (C=N–C) groups is 2. The van der Waals surface area contributed by atoms with Crippen molar-refractivity contribution in [2.24, 2.45) is 33.2 Å². The number of rotatable bonds is 0. The molecule has 0 aromatic carbocycles. The molecule has 22 heavy (non-hydrogen) atoms. The summed E-state index contributed by atoms with van der Waals surface area (Å²) in [6, 6.07) is 4.41. The predicted molar refractivity (Wildman–Crippen MR) is 77.9 cm³/mol. The van der Waals surface area contributed by atoms with E-state index < -0.39 is 11.0 Å². The van der Waals surface area contributed by atoms with E-state index in [1.807, 2.05) is 6.92 Å². The molecule has 6 heteroatoms. The van der Waals surface area contributed by atoms with Gasteiger partial charge < -0.3 is 9.47 Å². The molecule has 0 amide bonds. The van der Waals surface area contributed by atoms with Gasteiger partial charge in [0.2, 0.25) is 5.90 Å². The molecule has 0 spiro atoms. The first-order valence-corrected chi connectivity index (χ1v) is 7.29. The normalized spacial score (nSPS) is 46.8. The smallest absolute Gasteiger partial charge is 0.205 e. The van der Waals surface area contributed by atoms with Crippen molar-refractivity contribution in [1.29, 1.82) is 10.5 Å². The third-order valence-corrected chi connectivity index (χ3v) is 5.97. The Labute approximate surface area is 128 Å². The molecule has 0 aromatic heterocycles. The first kappa shape index (κ1) is 13.3. The van der Waals surface area contributed by atoms with Crippen LogP contribution in [0, 0.1) is 45.8 Å². The number of methoxy groups -OCH3 is 2. The minimum absolute atomic E-state index is 0.0526. The Hall–Kier alpha value is -2.34. The fourth-order valence-electron chi connectivity index (χ4n) is 5.46. The van der Waals surface area contributed by atoms with Gasteiger partial charge in [-0.1, -0.05) is 0 Å². The second-order valence-corrected chi connectivity index (χ2v) is 6.59. The average molecular weight is 296 g/mol. The van der Waals surface area contributed by atoms with Gasteiger partial charge in [0.1, 0.15) is 11.5 Å². The lowest BCUT2D eigenvalue weighted by Gasteiger charge is -2.61. The summed E-state index contributed by atoms with van der Waals surface area (Å²) >= 11 is 0. The van der Waals surface area contributed by atoms with Crippen molar-refractivity contribution in [1.82, 2.24) is 0 Å². The van der Waals surface area contributed by atoms with Gasteiger partial charge in [-0.25, -0.2) is 9.98 Å². The van der Waals surface area contributed by atoms with E-state index in [1.54, 1.807) is 14.2 Å². The largest absolute Gasteiger partial charge is 0.484 e. The van der Waals surface area contributed by atoms with E-state index in [1.165, 1.54) is 0 Å². The van der Waals surface area contributed by atoms with Gasteiger partial charge in [-0.05, 0) is 19.4 Å². The summed E-state index contributed by atoms with van der Waals surface area (Å²) < 4.78 is 11.0. The number of hydrogen-bond donors (Lipinski definition) is 0. The fraction of sp³-hybridized carbons (Fsp3) is 0.625. The number of nitriles is 2. The highest BCUT2D eigenvalue weighted by atomic mass is 16.5. The Balaban J connectivity index is 2.08. The predicted octanol–water partition coefficient (Wildman–Crippen LogP) is 1.46. The molecule has 0 saturated heterocycles. The monoisotopic (exact) mass is 296 g/mol. The number of ether oxygens (including phenoxy) is 2. The summed E-state index contributed by atoms with van der Waals surface area (Å²) in [5.74, 6) is 0.658. The molecule has 5 aliphatic rings. The Morgan fingerprint density at radius 1 is 1.23 bits per heavy atom. The van der Waals surface area contributed by atoms with Gasteiger partial charge in [0.05, 0.1) is 43.4 Å². The molecule has 2 aliphatic carbocycles. The van der Waals surface area contributed by atoms with Crippen LogP contribution in [0.5, 0.6) is 0 Å². The molecule has 0 aromatic rings. The van der Waals surface area contributed by atoms with E-state index in [-0.39, 0.29) is 23.8 Å². The van der Waals surface area contributed by atoms with E-state index in [0.29, 0.717) is 17.4 Å². The molecule has 5 rings (SSSR count). The second kappa shape index (κ2) is 3.70. The Morgan fingerprint density at radius 3 is 2.50 bits per heavy atom. The van der Waals surface area contributed by atoms with E-state index >= 15 is 0 Å². The molecule has 3 aliphatic heterocycles. The molecule has 3 heterocycles. The van der Waals surface area contributed by atoms with Crippen LogP contribution in [0.25, 0.3) is 0 Å². The van der Waals surface area contributed by atoms with Crippen LogP contribution < -0.4 is 0 Å². The number of nitrogens with zero attached hydrogens (tertiary/aromatic N) is 4. The zero-order chi connectivity index (χ0) is 15.9. The van der Waals surface area contributed by atoms with Crippen LogP contribution in [-0.4, -0.2) is 37.6 Å². The molecule has 6 nitrogen and oxygen atoms in total. The fourth-order valence-corrected chi connectivity index (χ4v) is 5.46. The lowest BCUT2D eigenvalue weighted by Crippen LogP contribution is -2.71. The zero-order valence-electron chi connectivity index (χ0n) is 12.9. The molecular formula is C16H16N4O2. The first-order chi connectivity index (χ1) is 10.5. The van der Waals surface area contributed by atoms with Crippen molar-refractivity contribution < 1.29 is 9.47 Å². The highest BCUT2D eigenvalue weighted by Crippen LogP contribution is 2.73. The molecule has 6 atom stereocenters. The lowest BCUT2D eigenvalue weighted by molar-refractivity contribution is -0.0451. The van der Waals surface area contributed by atoms with E-state index in [0.717, 1.165) is 5.57 Å². The molecule has 2 unspecified atom stereocenters. The first-order valence-electron chi connectivity index (χ1n) is 7.29. The van der Waals surface area contributed by atoms with E-state index in [4.69, 9.17) is 14.5 Å². The zero-order valence-corrected chi connectivity index (χ0v) is 12.9. The van der Waals surface area contributed by atoms with Gasteiger partial charge in [0.25, 0.3) is 0 Å². The van der Waals surface area contributed by atoms with Gasteiger partial charge in [-0.15, -0.1) is 0 Å². The van der Waals surface area contributed by atoms with Crippen molar-refractivity contribution in [3.8, 4) is 12.1 Å². The summed E-state index contributed by atoms with van der Waals surface area (Å²) in [7, 11) is 3.13. The SMILES string of the molecule is COC1=N[C@@]2(C)C3C1[C@@H]1N=C(OC)[C@@]3(C#N)[C@@H]2C(C)=C1C#N. The second-order valence-electron chi connectivity index (χ2n) is 6.59. The Bertz CT molecular complexity index is 768. The van der Waals surface area contributed by atoms with Gasteiger partial charge in [-0.3, -0.25) is 0 Å². The topological polar surface area (TPSA) is 90.8 Å². The molecule has 0 radical (unpaired) electrons. The summed E-state index contributed by atoms with van der Waals surface area (Å²) in [5, 5.41) is 19.6. The summed E-state index contributed by atoms with van der Waals surface area (Å²) in [6.07, 6.45) is 0. The van der Waals surface area contributed by atoms with Crippen molar-refractivity contribution in [3.05, 3.63) is 11.1 Å². The molecule has 0 N–H and O–H groups in total.